The summed E-state index contributed by atoms with van der Waals surface area (Å²) in [5.74, 6) is 0.539. The van der Waals surface area contributed by atoms with E-state index in [0.29, 0.717) is 21.3 Å². The van der Waals surface area contributed by atoms with Crippen molar-refractivity contribution in [2.75, 3.05) is 0 Å². The van der Waals surface area contributed by atoms with E-state index in [-0.39, 0.29) is 6.61 Å². The van der Waals surface area contributed by atoms with Gasteiger partial charge in [-0.15, -0.1) is 0 Å². The van der Waals surface area contributed by atoms with Crippen LogP contribution < -0.4 is 10.2 Å². The second-order valence-electron chi connectivity index (χ2n) is 3.97. The van der Waals surface area contributed by atoms with Crippen LogP contribution in [0.5, 0.6) is 5.75 Å². The van der Waals surface area contributed by atoms with Crippen LogP contribution in [0.4, 0.5) is 0 Å². The smallest absolute Gasteiger partial charge is 0.488 e. The maximum Gasteiger partial charge on any atom is 0.488 e. The van der Waals surface area contributed by atoms with Crippen LogP contribution >= 0.6 is 23.2 Å². The van der Waals surface area contributed by atoms with Gasteiger partial charge in [0.15, 0.2) is 0 Å². The first-order valence-electron chi connectivity index (χ1n) is 5.59. The summed E-state index contributed by atoms with van der Waals surface area (Å²) in [5, 5.41) is 19.2. The summed E-state index contributed by atoms with van der Waals surface area (Å²) in [4.78, 5) is 0. The fraction of sp³-hybridized carbons (Fsp3) is 0.0769. The van der Waals surface area contributed by atoms with E-state index in [4.69, 9.17) is 38.0 Å². The lowest BCUT2D eigenvalue weighted by Crippen LogP contribution is -2.29. The van der Waals surface area contributed by atoms with E-state index < -0.39 is 7.12 Å². The van der Waals surface area contributed by atoms with Crippen LogP contribution in [0.2, 0.25) is 10.0 Å². The van der Waals surface area contributed by atoms with Crippen molar-refractivity contribution in [3.8, 4) is 5.75 Å². The third-order valence-corrected chi connectivity index (χ3v) is 3.15. The minimum absolute atomic E-state index is 0.279. The highest BCUT2D eigenvalue weighted by Gasteiger charge is 2.11. The van der Waals surface area contributed by atoms with Crippen molar-refractivity contribution >= 4 is 35.8 Å². The van der Waals surface area contributed by atoms with Gasteiger partial charge in [-0.05, 0) is 29.7 Å². The highest BCUT2D eigenvalue weighted by Crippen LogP contribution is 2.22. The van der Waals surface area contributed by atoms with Gasteiger partial charge in [-0.2, -0.15) is 0 Å². The second kappa shape index (κ2) is 6.30. The first-order valence-corrected chi connectivity index (χ1v) is 6.34. The van der Waals surface area contributed by atoms with E-state index in [2.05, 4.69) is 0 Å². The van der Waals surface area contributed by atoms with E-state index in [9.17, 15) is 0 Å². The quantitative estimate of drug-likeness (QED) is 0.851. The van der Waals surface area contributed by atoms with Crippen molar-refractivity contribution in [3.05, 3.63) is 58.1 Å². The van der Waals surface area contributed by atoms with Gasteiger partial charge in [0.2, 0.25) is 0 Å². The SMILES string of the molecule is OB(O)c1cccc(OCc2ccc(Cl)cc2Cl)c1. The van der Waals surface area contributed by atoms with Crippen molar-refractivity contribution in [3.63, 3.8) is 0 Å². The Morgan fingerprint density at radius 1 is 1.05 bits per heavy atom. The first-order chi connectivity index (χ1) is 9.06. The fourth-order valence-corrected chi connectivity index (χ4v) is 2.03. The monoisotopic (exact) mass is 296 g/mol. The Balaban J connectivity index is 2.08. The lowest BCUT2D eigenvalue weighted by molar-refractivity contribution is 0.306. The maximum absolute atomic E-state index is 9.07. The molecule has 6 heteroatoms. The maximum atomic E-state index is 9.07. The molecule has 0 atom stereocenters. The number of benzene rings is 2. The molecule has 0 aromatic heterocycles. The van der Waals surface area contributed by atoms with Gasteiger partial charge in [-0.1, -0.05) is 41.4 Å². The van der Waals surface area contributed by atoms with E-state index >= 15 is 0 Å². The summed E-state index contributed by atoms with van der Waals surface area (Å²) in [6.45, 7) is 0.279. The van der Waals surface area contributed by atoms with Crippen molar-refractivity contribution < 1.29 is 14.8 Å². The average Bonchev–Trinajstić information content (AvgIpc) is 2.38. The topological polar surface area (TPSA) is 49.7 Å². The number of ether oxygens (including phenoxy) is 1. The zero-order chi connectivity index (χ0) is 13.8. The normalized spacial score (nSPS) is 10.3. The second-order valence-corrected chi connectivity index (χ2v) is 4.81. The van der Waals surface area contributed by atoms with Crippen molar-refractivity contribution in [2.24, 2.45) is 0 Å². The molecule has 98 valence electrons. The predicted octanol–water partition coefficient (Wildman–Crippen LogP) is 2.25. The van der Waals surface area contributed by atoms with Crippen molar-refractivity contribution in [1.82, 2.24) is 0 Å². The Bertz CT molecular complexity index is 576. The highest BCUT2D eigenvalue weighted by molar-refractivity contribution is 6.58. The molecular formula is C13H11BCl2O3. The molecule has 2 aromatic carbocycles. The molecule has 0 spiro atoms. The molecule has 0 amide bonds. The van der Waals surface area contributed by atoms with Crippen LogP contribution in [0.15, 0.2) is 42.5 Å². The van der Waals surface area contributed by atoms with E-state index in [1.807, 2.05) is 0 Å². The largest absolute Gasteiger partial charge is 0.489 e. The van der Waals surface area contributed by atoms with Crippen LogP contribution in [0.1, 0.15) is 5.56 Å². The summed E-state index contributed by atoms with van der Waals surface area (Å²) in [6.07, 6.45) is 0. The van der Waals surface area contributed by atoms with Crippen LogP contribution in [-0.4, -0.2) is 17.2 Å². The van der Waals surface area contributed by atoms with Crippen molar-refractivity contribution in [1.29, 1.82) is 0 Å². The van der Waals surface area contributed by atoms with Crippen LogP contribution in [0.3, 0.4) is 0 Å². The van der Waals surface area contributed by atoms with Crippen LogP contribution in [0.25, 0.3) is 0 Å². The summed E-state index contributed by atoms with van der Waals surface area (Å²) in [7, 11) is -1.51. The molecule has 0 saturated carbocycles. The van der Waals surface area contributed by atoms with E-state index in [1.54, 1.807) is 42.5 Å². The standard InChI is InChI=1S/C13H11BCl2O3/c15-11-5-4-9(13(16)7-11)8-19-12-3-1-2-10(6-12)14(17)18/h1-7,17-18H,8H2. The molecule has 3 nitrogen and oxygen atoms in total. The fourth-order valence-electron chi connectivity index (χ4n) is 1.56. The predicted molar refractivity (Wildman–Crippen MR) is 77.1 cm³/mol. The Labute approximate surface area is 121 Å². The minimum atomic E-state index is -1.51. The van der Waals surface area contributed by atoms with Gasteiger partial charge in [0.1, 0.15) is 12.4 Å². The zero-order valence-corrected chi connectivity index (χ0v) is 11.4. The molecule has 0 heterocycles. The van der Waals surface area contributed by atoms with Gasteiger partial charge in [0.25, 0.3) is 0 Å². The van der Waals surface area contributed by atoms with Gasteiger partial charge in [-0.25, -0.2) is 0 Å². The molecule has 2 aromatic rings. The molecule has 0 radical (unpaired) electrons. The third kappa shape index (κ3) is 3.88. The zero-order valence-electron chi connectivity index (χ0n) is 9.88. The lowest BCUT2D eigenvalue weighted by atomic mass is 9.80. The Kier molecular flexibility index (Phi) is 4.72. The van der Waals surface area contributed by atoms with Crippen molar-refractivity contribution in [2.45, 2.75) is 6.61 Å². The molecule has 0 aliphatic carbocycles. The lowest BCUT2D eigenvalue weighted by Gasteiger charge is -2.09. The summed E-state index contributed by atoms with van der Waals surface area (Å²) in [6, 6.07) is 11.8. The van der Waals surface area contributed by atoms with E-state index in [0.717, 1.165) is 5.56 Å². The highest BCUT2D eigenvalue weighted by atomic mass is 35.5. The van der Waals surface area contributed by atoms with Crippen LogP contribution in [-0.2, 0) is 6.61 Å². The van der Waals surface area contributed by atoms with Gasteiger partial charge in [-0.3, -0.25) is 0 Å². The van der Waals surface area contributed by atoms with Crippen LogP contribution in [0, 0.1) is 0 Å². The van der Waals surface area contributed by atoms with Gasteiger partial charge in [0.05, 0.1) is 0 Å². The molecule has 0 fully saturated rings. The number of hydrogen-bond acceptors (Lipinski definition) is 3. The number of rotatable bonds is 4. The first kappa shape index (κ1) is 14.2. The number of hydrogen-bond donors (Lipinski definition) is 2. The Morgan fingerprint density at radius 2 is 1.84 bits per heavy atom. The van der Waals surface area contributed by atoms with Gasteiger partial charge >= 0.3 is 7.12 Å². The molecule has 2 rings (SSSR count). The molecule has 0 aliphatic rings. The Morgan fingerprint density at radius 3 is 2.53 bits per heavy atom. The van der Waals surface area contributed by atoms with Gasteiger partial charge < -0.3 is 14.8 Å². The molecule has 0 saturated heterocycles. The molecular weight excluding hydrogens is 286 g/mol. The third-order valence-electron chi connectivity index (χ3n) is 2.57. The number of halogens is 2. The molecule has 0 unspecified atom stereocenters. The van der Waals surface area contributed by atoms with E-state index in [1.165, 1.54) is 0 Å². The molecule has 0 bridgehead atoms. The molecule has 19 heavy (non-hydrogen) atoms. The van der Waals surface area contributed by atoms with Gasteiger partial charge in [0, 0.05) is 15.6 Å². The summed E-state index contributed by atoms with van der Waals surface area (Å²) in [5.41, 5.74) is 1.18. The minimum Gasteiger partial charge on any atom is -0.489 e. The molecule has 0 aliphatic heterocycles. The summed E-state index contributed by atoms with van der Waals surface area (Å²) >= 11 is 11.8. The summed E-state index contributed by atoms with van der Waals surface area (Å²) < 4.78 is 5.55. The molecule has 2 N–H and O–H groups in total. The average molecular weight is 297 g/mol. The Hall–Kier alpha value is -1.20.